The van der Waals surface area contributed by atoms with E-state index in [0.717, 1.165) is 12.8 Å². The molecular weight excluding hydrogens is 168 g/mol. The predicted octanol–water partition coefficient (Wildman–Crippen LogP) is 1.26. The number of rotatable bonds is 1. The Bertz CT molecular complexity index is 238. The van der Waals surface area contributed by atoms with Gasteiger partial charge in [0.1, 0.15) is 0 Å². The van der Waals surface area contributed by atoms with Crippen molar-refractivity contribution in [2.45, 2.75) is 38.7 Å². The first-order valence-corrected chi connectivity index (χ1v) is 4.95. The van der Waals surface area contributed by atoms with Crippen LogP contribution < -0.4 is 0 Å². The van der Waals surface area contributed by atoms with Crippen LogP contribution in [0.4, 0.5) is 0 Å². The molecule has 0 amide bonds. The molecule has 4 atom stereocenters. The molecule has 0 radical (unpaired) electrons. The molecule has 0 heterocycles. The van der Waals surface area contributed by atoms with Crippen LogP contribution in [0.15, 0.2) is 0 Å². The Hall–Kier alpha value is -0.570. The minimum atomic E-state index is -0.686. The summed E-state index contributed by atoms with van der Waals surface area (Å²) < 4.78 is 0. The van der Waals surface area contributed by atoms with E-state index in [-0.39, 0.29) is 17.9 Å². The number of carboxylic acid groups (broad SMARTS) is 1. The summed E-state index contributed by atoms with van der Waals surface area (Å²) in [5.41, 5.74) is -0.567. The highest BCUT2D eigenvalue weighted by Crippen LogP contribution is 2.52. The van der Waals surface area contributed by atoms with Gasteiger partial charge in [-0.1, -0.05) is 0 Å². The third kappa shape index (κ3) is 1.17. The molecule has 13 heavy (non-hydrogen) atoms. The lowest BCUT2D eigenvalue weighted by atomic mass is 9.56. The molecule has 3 fully saturated rings. The minimum Gasteiger partial charge on any atom is -0.481 e. The Morgan fingerprint density at radius 2 is 2.15 bits per heavy atom. The average Bonchev–Trinajstić information content (AvgIpc) is 2.07. The van der Waals surface area contributed by atoms with Crippen molar-refractivity contribution in [2.75, 3.05) is 0 Å². The quantitative estimate of drug-likeness (QED) is 0.645. The topological polar surface area (TPSA) is 57.5 Å². The fraction of sp³-hybridized carbons (Fsp3) is 0.900. The zero-order chi connectivity index (χ0) is 9.64. The summed E-state index contributed by atoms with van der Waals surface area (Å²) in [6.07, 6.45) is 3.09. The maximum Gasteiger partial charge on any atom is 0.309 e. The summed E-state index contributed by atoms with van der Waals surface area (Å²) in [5, 5.41) is 18.7. The number of carbonyl (C=O) groups is 1. The van der Waals surface area contributed by atoms with E-state index >= 15 is 0 Å². The lowest BCUT2D eigenvalue weighted by Crippen LogP contribution is -2.50. The van der Waals surface area contributed by atoms with E-state index in [1.165, 1.54) is 0 Å². The predicted molar refractivity (Wildman–Crippen MR) is 47.2 cm³/mol. The zero-order valence-corrected chi connectivity index (χ0v) is 7.86. The van der Waals surface area contributed by atoms with E-state index in [1.807, 2.05) is 6.92 Å². The lowest BCUT2D eigenvalue weighted by Gasteiger charge is -2.49. The molecule has 0 aromatic carbocycles. The Morgan fingerprint density at radius 1 is 1.46 bits per heavy atom. The first kappa shape index (κ1) is 9.00. The third-order valence-electron chi connectivity index (χ3n) is 4.03. The van der Waals surface area contributed by atoms with E-state index in [1.54, 1.807) is 0 Å². The first-order valence-electron chi connectivity index (χ1n) is 4.95. The molecule has 3 aliphatic rings. The van der Waals surface area contributed by atoms with Crippen LogP contribution in [0, 0.1) is 17.3 Å². The molecule has 2 bridgehead atoms. The van der Waals surface area contributed by atoms with Gasteiger partial charge in [-0.05, 0) is 44.4 Å². The molecule has 3 nitrogen and oxygen atoms in total. The van der Waals surface area contributed by atoms with Gasteiger partial charge in [0.25, 0.3) is 0 Å². The van der Waals surface area contributed by atoms with Gasteiger partial charge in [0.15, 0.2) is 0 Å². The number of fused-ring (bicyclic) bond motifs is 3. The van der Waals surface area contributed by atoms with E-state index in [4.69, 9.17) is 5.11 Å². The SMILES string of the molecule is C[C@]1(C(=O)O)C[C@@H]2CC[C@H]1C[C@@H]2O. The van der Waals surface area contributed by atoms with Crippen LogP contribution >= 0.6 is 0 Å². The van der Waals surface area contributed by atoms with E-state index in [0.29, 0.717) is 12.8 Å². The Labute approximate surface area is 77.8 Å². The van der Waals surface area contributed by atoms with Crippen molar-refractivity contribution in [3.05, 3.63) is 0 Å². The van der Waals surface area contributed by atoms with E-state index in [9.17, 15) is 9.90 Å². The van der Waals surface area contributed by atoms with Crippen LogP contribution in [-0.2, 0) is 4.79 Å². The van der Waals surface area contributed by atoms with Crippen molar-refractivity contribution in [1.82, 2.24) is 0 Å². The van der Waals surface area contributed by atoms with Gasteiger partial charge in [-0.15, -0.1) is 0 Å². The monoisotopic (exact) mass is 184 g/mol. The molecule has 3 heteroatoms. The van der Waals surface area contributed by atoms with Crippen molar-refractivity contribution in [1.29, 1.82) is 0 Å². The van der Waals surface area contributed by atoms with E-state index < -0.39 is 11.4 Å². The lowest BCUT2D eigenvalue weighted by molar-refractivity contribution is -0.164. The standard InChI is InChI=1S/C10H16O3/c1-10(9(12)13)5-6-2-3-7(10)4-8(6)11/h6-8,11H,2-5H2,1H3,(H,12,13)/t6-,7-,8-,10-/m0/s1. The third-order valence-corrected chi connectivity index (χ3v) is 4.03. The van der Waals surface area contributed by atoms with Gasteiger partial charge in [-0.25, -0.2) is 0 Å². The normalized spacial score (nSPS) is 49.2. The fourth-order valence-corrected chi connectivity index (χ4v) is 3.00. The molecule has 2 N–H and O–H groups in total. The highest BCUT2D eigenvalue weighted by atomic mass is 16.4. The minimum absolute atomic E-state index is 0.185. The highest BCUT2D eigenvalue weighted by Gasteiger charge is 2.52. The van der Waals surface area contributed by atoms with Gasteiger partial charge in [0.2, 0.25) is 0 Å². The van der Waals surface area contributed by atoms with Crippen LogP contribution in [0.1, 0.15) is 32.6 Å². The number of aliphatic hydroxyl groups excluding tert-OH is 1. The number of hydrogen-bond donors (Lipinski definition) is 2. The Kier molecular flexibility index (Phi) is 1.88. The van der Waals surface area contributed by atoms with Gasteiger partial charge in [0.05, 0.1) is 11.5 Å². The van der Waals surface area contributed by atoms with Gasteiger partial charge in [-0.2, -0.15) is 0 Å². The van der Waals surface area contributed by atoms with E-state index in [2.05, 4.69) is 0 Å². The van der Waals surface area contributed by atoms with Gasteiger partial charge in [0, 0.05) is 0 Å². The Balaban J connectivity index is 2.23. The maximum absolute atomic E-state index is 11.1. The summed E-state index contributed by atoms with van der Waals surface area (Å²) in [5.74, 6) is -0.273. The first-order chi connectivity index (χ1) is 6.04. The van der Waals surface area contributed by atoms with Crippen molar-refractivity contribution in [2.24, 2.45) is 17.3 Å². The largest absolute Gasteiger partial charge is 0.481 e. The summed E-state index contributed by atoms with van der Waals surface area (Å²) >= 11 is 0. The van der Waals surface area contributed by atoms with Gasteiger partial charge < -0.3 is 10.2 Å². The summed E-state index contributed by atoms with van der Waals surface area (Å²) in [4.78, 5) is 11.1. The smallest absolute Gasteiger partial charge is 0.309 e. The second kappa shape index (κ2) is 2.71. The highest BCUT2D eigenvalue weighted by molar-refractivity contribution is 5.75. The van der Waals surface area contributed by atoms with Crippen LogP contribution in [0.25, 0.3) is 0 Å². The second-order valence-corrected chi connectivity index (χ2v) is 4.76. The number of hydrogen-bond acceptors (Lipinski definition) is 2. The molecule has 3 aliphatic carbocycles. The molecule has 0 aliphatic heterocycles. The van der Waals surface area contributed by atoms with Crippen molar-refractivity contribution >= 4 is 5.97 Å². The molecule has 74 valence electrons. The van der Waals surface area contributed by atoms with Crippen molar-refractivity contribution in [3.63, 3.8) is 0 Å². The summed E-state index contributed by atoms with van der Waals surface area (Å²) in [6, 6.07) is 0. The van der Waals surface area contributed by atoms with Gasteiger partial charge in [-0.3, -0.25) is 4.79 Å². The fourth-order valence-electron chi connectivity index (χ4n) is 3.00. The summed E-state index contributed by atoms with van der Waals surface area (Å²) in [7, 11) is 0. The number of aliphatic carboxylic acids is 1. The number of aliphatic hydroxyl groups is 1. The second-order valence-electron chi connectivity index (χ2n) is 4.76. The van der Waals surface area contributed by atoms with Gasteiger partial charge >= 0.3 is 5.97 Å². The molecule has 0 aromatic rings. The number of carboxylic acids is 1. The van der Waals surface area contributed by atoms with Crippen LogP contribution in [-0.4, -0.2) is 22.3 Å². The summed E-state index contributed by atoms with van der Waals surface area (Å²) in [6.45, 7) is 1.83. The average molecular weight is 184 g/mol. The molecule has 0 unspecified atom stereocenters. The van der Waals surface area contributed by atoms with Crippen LogP contribution in [0.2, 0.25) is 0 Å². The van der Waals surface area contributed by atoms with Crippen molar-refractivity contribution in [3.8, 4) is 0 Å². The van der Waals surface area contributed by atoms with Crippen LogP contribution in [0.3, 0.4) is 0 Å². The Morgan fingerprint density at radius 3 is 2.54 bits per heavy atom. The molecular formula is C10H16O3. The van der Waals surface area contributed by atoms with Crippen molar-refractivity contribution < 1.29 is 15.0 Å². The molecule has 0 aromatic heterocycles. The molecule has 3 saturated carbocycles. The molecule has 0 spiro atoms. The maximum atomic E-state index is 11.1. The van der Waals surface area contributed by atoms with Crippen LogP contribution in [0.5, 0.6) is 0 Å². The molecule has 3 rings (SSSR count). The zero-order valence-electron chi connectivity index (χ0n) is 7.86. The molecule has 0 saturated heterocycles.